The van der Waals surface area contributed by atoms with Crippen molar-refractivity contribution in [3.8, 4) is 0 Å². The zero-order valence-electron chi connectivity index (χ0n) is 7.58. The number of hydrogen-bond donors (Lipinski definition) is 1. The Morgan fingerprint density at radius 1 is 1.57 bits per heavy atom. The summed E-state index contributed by atoms with van der Waals surface area (Å²) in [5.74, 6) is -2.14. The first-order valence-corrected chi connectivity index (χ1v) is 4.52. The third kappa shape index (κ3) is 2.45. The highest BCUT2D eigenvalue weighted by molar-refractivity contribution is 6.30. The van der Waals surface area contributed by atoms with Crippen LogP contribution in [0.5, 0.6) is 0 Å². The van der Waals surface area contributed by atoms with Crippen molar-refractivity contribution >= 4 is 17.6 Å². The van der Waals surface area contributed by atoms with Gasteiger partial charge < -0.3 is 5.11 Å². The van der Waals surface area contributed by atoms with Crippen LogP contribution in [0, 0.1) is 0 Å². The zero-order valence-corrected chi connectivity index (χ0v) is 8.33. The predicted octanol–water partition coefficient (Wildman–Crippen LogP) is 2.87. The van der Waals surface area contributed by atoms with Gasteiger partial charge in [-0.05, 0) is 17.7 Å². The van der Waals surface area contributed by atoms with Crippen molar-refractivity contribution in [3.05, 3.63) is 34.9 Å². The molecule has 0 fully saturated rings. The van der Waals surface area contributed by atoms with Crippen LogP contribution in [-0.4, -0.2) is 17.2 Å². The molecular formula is C10H10ClFO2. The number of alkyl halides is 1. The van der Waals surface area contributed by atoms with Gasteiger partial charge in [0.25, 0.3) is 0 Å². The van der Waals surface area contributed by atoms with Gasteiger partial charge in [-0.25, -0.2) is 9.18 Å². The lowest BCUT2D eigenvalue weighted by Gasteiger charge is -2.13. The monoisotopic (exact) mass is 216 g/mol. The Balaban J connectivity index is 2.89. The molecule has 0 aliphatic carbocycles. The molecule has 1 rings (SSSR count). The van der Waals surface area contributed by atoms with E-state index in [1.165, 1.54) is 6.92 Å². The molecule has 0 aliphatic heterocycles. The van der Waals surface area contributed by atoms with Gasteiger partial charge in [-0.2, -0.15) is 0 Å². The number of hydrogen-bond acceptors (Lipinski definition) is 1. The summed E-state index contributed by atoms with van der Waals surface area (Å²) in [6, 6.07) is 6.56. The molecule has 0 aromatic heterocycles. The lowest BCUT2D eigenvalue weighted by Crippen LogP contribution is -2.21. The van der Waals surface area contributed by atoms with Gasteiger partial charge in [-0.3, -0.25) is 0 Å². The number of carboxylic acid groups (broad SMARTS) is 1. The van der Waals surface area contributed by atoms with Gasteiger partial charge >= 0.3 is 5.97 Å². The van der Waals surface area contributed by atoms with Crippen molar-refractivity contribution in [1.29, 1.82) is 0 Å². The van der Waals surface area contributed by atoms with E-state index in [0.717, 1.165) is 0 Å². The number of benzene rings is 1. The Morgan fingerprint density at radius 3 is 2.71 bits per heavy atom. The van der Waals surface area contributed by atoms with Crippen molar-refractivity contribution < 1.29 is 14.3 Å². The lowest BCUT2D eigenvalue weighted by atomic mass is 9.96. The average Bonchev–Trinajstić information content (AvgIpc) is 2.15. The largest absolute Gasteiger partial charge is 0.479 e. The smallest absolute Gasteiger partial charge is 0.338 e. The van der Waals surface area contributed by atoms with Crippen LogP contribution in [0.2, 0.25) is 5.02 Å². The highest BCUT2D eigenvalue weighted by atomic mass is 35.5. The number of aliphatic carboxylic acids is 1. The molecule has 1 aromatic carbocycles. The van der Waals surface area contributed by atoms with Gasteiger partial charge in [0.15, 0.2) is 0 Å². The minimum atomic E-state index is -1.89. The average molecular weight is 217 g/mol. The fourth-order valence-corrected chi connectivity index (χ4v) is 1.37. The maximum atomic E-state index is 13.1. The molecule has 0 saturated heterocycles. The molecule has 4 heteroatoms. The topological polar surface area (TPSA) is 37.3 Å². The van der Waals surface area contributed by atoms with Crippen molar-refractivity contribution in [3.63, 3.8) is 0 Å². The highest BCUT2D eigenvalue weighted by Gasteiger charge is 2.25. The number of carbonyl (C=O) groups is 1. The second-order valence-corrected chi connectivity index (χ2v) is 3.52. The first-order valence-electron chi connectivity index (χ1n) is 4.14. The van der Waals surface area contributed by atoms with Gasteiger partial charge in [0.05, 0.1) is 0 Å². The molecular weight excluding hydrogens is 207 g/mol. The van der Waals surface area contributed by atoms with Gasteiger partial charge in [-0.1, -0.05) is 30.7 Å². The van der Waals surface area contributed by atoms with Gasteiger partial charge in [0.2, 0.25) is 6.17 Å². The third-order valence-corrected chi connectivity index (χ3v) is 2.28. The Hall–Kier alpha value is -1.09. The van der Waals surface area contributed by atoms with Crippen LogP contribution in [0.4, 0.5) is 4.39 Å². The van der Waals surface area contributed by atoms with E-state index in [4.69, 9.17) is 16.7 Å². The van der Waals surface area contributed by atoms with E-state index in [0.29, 0.717) is 10.6 Å². The first kappa shape index (κ1) is 11.0. The highest BCUT2D eigenvalue weighted by Crippen LogP contribution is 2.24. The summed E-state index contributed by atoms with van der Waals surface area (Å²) in [5.41, 5.74) is 0.590. The van der Waals surface area contributed by atoms with Crippen LogP contribution < -0.4 is 0 Å². The van der Waals surface area contributed by atoms with E-state index in [1.807, 2.05) is 0 Å². The fourth-order valence-electron chi connectivity index (χ4n) is 1.17. The summed E-state index contributed by atoms with van der Waals surface area (Å²) in [7, 11) is 0. The number of halogens is 2. The molecule has 2 unspecified atom stereocenters. The summed E-state index contributed by atoms with van der Waals surface area (Å²) in [6.45, 7) is 1.52. The molecule has 14 heavy (non-hydrogen) atoms. The lowest BCUT2D eigenvalue weighted by molar-refractivity contribution is -0.143. The Kier molecular flexibility index (Phi) is 3.47. The van der Waals surface area contributed by atoms with Gasteiger partial charge in [0, 0.05) is 10.9 Å². The van der Waals surface area contributed by atoms with Crippen LogP contribution in [-0.2, 0) is 4.79 Å². The van der Waals surface area contributed by atoms with Gasteiger partial charge in [0.1, 0.15) is 0 Å². The van der Waals surface area contributed by atoms with Crippen LogP contribution in [0.15, 0.2) is 24.3 Å². The van der Waals surface area contributed by atoms with E-state index in [-0.39, 0.29) is 0 Å². The van der Waals surface area contributed by atoms with E-state index < -0.39 is 18.1 Å². The minimum absolute atomic E-state index is 0.479. The Bertz CT molecular complexity index is 341. The van der Waals surface area contributed by atoms with Gasteiger partial charge in [-0.15, -0.1) is 0 Å². The van der Waals surface area contributed by atoms with Crippen molar-refractivity contribution in [2.75, 3.05) is 0 Å². The van der Waals surface area contributed by atoms with Crippen molar-refractivity contribution in [1.82, 2.24) is 0 Å². The maximum absolute atomic E-state index is 13.1. The van der Waals surface area contributed by atoms with Crippen LogP contribution in [0.1, 0.15) is 18.4 Å². The molecule has 76 valence electrons. The van der Waals surface area contributed by atoms with E-state index in [1.54, 1.807) is 24.3 Å². The Labute approximate surface area is 86.3 Å². The molecule has 0 radical (unpaired) electrons. The molecule has 0 bridgehead atoms. The molecule has 0 aliphatic rings. The number of rotatable bonds is 3. The summed E-state index contributed by atoms with van der Waals surface area (Å²) >= 11 is 5.70. The van der Waals surface area contributed by atoms with E-state index >= 15 is 0 Å². The summed E-state index contributed by atoms with van der Waals surface area (Å²) < 4.78 is 13.1. The molecule has 0 saturated carbocycles. The summed E-state index contributed by atoms with van der Waals surface area (Å²) in [4.78, 5) is 10.4. The Morgan fingerprint density at radius 2 is 2.21 bits per heavy atom. The van der Waals surface area contributed by atoms with Crippen LogP contribution in [0.25, 0.3) is 0 Å². The fraction of sp³-hybridized carbons (Fsp3) is 0.300. The van der Waals surface area contributed by atoms with Crippen molar-refractivity contribution in [2.24, 2.45) is 0 Å². The molecule has 2 atom stereocenters. The molecule has 0 spiro atoms. The molecule has 2 nitrogen and oxygen atoms in total. The molecule has 1 N–H and O–H groups in total. The second kappa shape index (κ2) is 4.42. The SMILES string of the molecule is CC(c1cccc(Cl)c1)C(F)C(=O)O. The first-order chi connectivity index (χ1) is 6.52. The van der Waals surface area contributed by atoms with E-state index in [2.05, 4.69) is 0 Å². The molecule has 0 heterocycles. The zero-order chi connectivity index (χ0) is 10.7. The van der Waals surface area contributed by atoms with Crippen molar-refractivity contribution in [2.45, 2.75) is 19.0 Å². The van der Waals surface area contributed by atoms with Crippen LogP contribution in [0.3, 0.4) is 0 Å². The normalized spacial score (nSPS) is 14.8. The van der Waals surface area contributed by atoms with Crippen LogP contribution >= 0.6 is 11.6 Å². The molecule has 0 amide bonds. The third-order valence-electron chi connectivity index (χ3n) is 2.05. The molecule has 1 aromatic rings. The summed E-state index contributed by atoms with van der Waals surface area (Å²) in [6.07, 6.45) is -1.89. The minimum Gasteiger partial charge on any atom is -0.479 e. The summed E-state index contributed by atoms with van der Waals surface area (Å²) in [5, 5.41) is 8.95. The number of carboxylic acids is 1. The maximum Gasteiger partial charge on any atom is 0.338 e. The quantitative estimate of drug-likeness (QED) is 0.844. The standard InChI is InChI=1S/C10H10ClFO2/c1-6(9(12)10(13)14)7-3-2-4-8(11)5-7/h2-6,9H,1H3,(H,13,14). The predicted molar refractivity (Wildman–Crippen MR) is 52.4 cm³/mol. The second-order valence-electron chi connectivity index (χ2n) is 3.08. The van der Waals surface area contributed by atoms with E-state index in [9.17, 15) is 9.18 Å².